The van der Waals surface area contributed by atoms with Crippen LogP contribution >= 0.6 is 0 Å². The third-order valence-corrected chi connectivity index (χ3v) is 8.54. The van der Waals surface area contributed by atoms with Gasteiger partial charge >= 0.3 is 5.97 Å². The van der Waals surface area contributed by atoms with Gasteiger partial charge in [0.15, 0.2) is 0 Å². The van der Waals surface area contributed by atoms with Crippen molar-refractivity contribution in [1.82, 2.24) is 9.80 Å². The highest BCUT2D eigenvalue weighted by Gasteiger charge is 2.49. The van der Waals surface area contributed by atoms with E-state index in [4.69, 9.17) is 9.47 Å². The van der Waals surface area contributed by atoms with E-state index in [1.54, 1.807) is 0 Å². The number of carbonyl (C=O) groups excluding carboxylic acids is 2. The van der Waals surface area contributed by atoms with Crippen LogP contribution in [0.2, 0.25) is 0 Å². The van der Waals surface area contributed by atoms with Gasteiger partial charge in [-0.05, 0) is 43.7 Å². The number of morpholine rings is 1. The van der Waals surface area contributed by atoms with E-state index in [0.717, 1.165) is 57.2 Å². The highest BCUT2D eigenvalue weighted by Crippen LogP contribution is 2.46. The molecule has 1 amide bonds. The van der Waals surface area contributed by atoms with E-state index in [0.29, 0.717) is 44.7 Å². The van der Waals surface area contributed by atoms with Crippen molar-refractivity contribution in [3.8, 4) is 0 Å². The first kappa shape index (κ1) is 22.9. The number of piperidine rings is 1. The van der Waals surface area contributed by atoms with Crippen LogP contribution < -0.4 is 0 Å². The number of hydrogen-bond acceptors (Lipinski definition) is 5. The van der Waals surface area contributed by atoms with Crippen molar-refractivity contribution in [2.45, 2.75) is 62.9 Å². The Morgan fingerprint density at radius 3 is 2.42 bits per heavy atom. The van der Waals surface area contributed by atoms with Crippen molar-refractivity contribution in [2.75, 3.05) is 45.9 Å². The second-order valence-electron chi connectivity index (χ2n) is 10.5. The molecule has 4 fully saturated rings. The zero-order valence-corrected chi connectivity index (χ0v) is 19.8. The SMILES string of the molecule is O=C(CN1CCC2C(C[C@@H]2OC(=O)C2(c3ccccc3)CCCCCC2)C1)N1CCOCC1. The fourth-order valence-electron chi connectivity index (χ4n) is 6.48. The van der Waals surface area contributed by atoms with Gasteiger partial charge in [0.05, 0.1) is 25.2 Å². The number of carbonyl (C=O) groups is 2. The van der Waals surface area contributed by atoms with Crippen LogP contribution in [-0.2, 0) is 24.5 Å². The lowest BCUT2D eigenvalue weighted by Crippen LogP contribution is -2.57. The third kappa shape index (κ3) is 4.83. The van der Waals surface area contributed by atoms with E-state index in [1.807, 2.05) is 23.1 Å². The molecule has 0 bridgehead atoms. The van der Waals surface area contributed by atoms with E-state index < -0.39 is 5.41 Å². The highest BCUT2D eigenvalue weighted by molar-refractivity contribution is 5.83. The van der Waals surface area contributed by atoms with Crippen LogP contribution in [0.5, 0.6) is 0 Å². The zero-order chi connectivity index (χ0) is 22.7. The smallest absolute Gasteiger partial charge is 0.316 e. The van der Waals surface area contributed by atoms with Crippen molar-refractivity contribution in [1.29, 1.82) is 0 Å². The van der Waals surface area contributed by atoms with Gasteiger partial charge in [-0.1, -0.05) is 56.0 Å². The summed E-state index contributed by atoms with van der Waals surface area (Å²) in [6.45, 7) is 5.07. The molecule has 2 heterocycles. The Morgan fingerprint density at radius 2 is 1.73 bits per heavy atom. The summed E-state index contributed by atoms with van der Waals surface area (Å²) in [6.07, 6.45) is 8.37. The minimum atomic E-state index is -0.478. The number of nitrogens with zero attached hydrogens (tertiary/aromatic N) is 2. The van der Waals surface area contributed by atoms with Gasteiger partial charge in [-0.25, -0.2) is 0 Å². The van der Waals surface area contributed by atoms with Gasteiger partial charge in [0, 0.05) is 25.6 Å². The topological polar surface area (TPSA) is 59.1 Å². The molecule has 2 aliphatic heterocycles. The Kier molecular flexibility index (Phi) is 7.02. The molecule has 2 saturated carbocycles. The lowest BCUT2D eigenvalue weighted by Gasteiger charge is -2.50. The molecule has 2 aliphatic carbocycles. The maximum Gasteiger partial charge on any atom is 0.316 e. The van der Waals surface area contributed by atoms with Gasteiger partial charge in [0.25, 0.3) is 0 Å². The average Bonchev–Trinajstić information content (AvgIpc) is 3.11. The molecule has 4 aliphatic rings. The van der Waals surface area contributed by atoms with E-state index in [1.165, 1.54) is 12.8 Å². The summed E-state index contributed by atoms with van der Waals surface area (Å²) in [5.74, 6) is 1.21. The molecule has 2 unspecified atom stereocenters. The van der Waals surface area contributed by atoms with Gasteiger partial charge in [0.1, 0.15) is 6.10 Å². The van der Waals surface area contributed by atoms with Gasteiger partial charge in [0.2, 0.25) is 5.91 Å². The van der Waals surface area contributed by atoms with E-state index >= 15 is 0 Å². The number of fused-ring (bicyclic) bond motifs is 1. The molecule has 2 saturated heterocycles. The molecule has 5 rings (SSSR count). The molecule has 1 aromatic carbocycles. The first-order chi connectivity index (χ1) is 16.2. The Labute approximate surface area is 197 Å². The molecule has 0 aromatic heterocycles. The fourth-order valence-corrected chi connectivity index (χ4v) is 6.48. The average molecular weight is 455 g/mol. The zero-order valence-electron chi connectivity index (χ0n) is 19.8. The van der Waals surface area contributed by atoms with Crippen LogP contribution in [0.1, 0.15) is 56.9 Å². The number of amides is 1. The minimum absolute atomic E-state index is 0.00368. The normalized spacial score (nSPS) is 29.9. The van der Waals surface area contributed by atoms with Crippen LogP contribution in [0.3, 0.4) is 0 Å². The first-order valence-electron chi connectivity index (χ1n) is 13.0. The number of esters is 1. The molecule has 6 heteroatoms. The van der Waals surface area contributed by atoms with Crippen molar-refractivity contribution in [3.63, 3.8) is 0 Å². The van der Waals surface area contributed by atoms with Crippen LogP contribution in [0.15, 0.2) is 30.3 Å². The lowest BCUT2D eigenvalue weighted by molar-refractivity contribution is -0.176. The largest absolute Gasteiger partial charge is 0.461 e. The molecule has 6 nitrogen and oxygen atoms in total. The summed E-state index contributed by atoms with van der Waals surface area (Å²) in [7, 11) is 0. The monoisotopic (exact) mass is 454 g/mol. The highest BCUT2D eigenvalue weighted by atomic mass is 16.5. The Balaban J connectivity index is 1.17. The summed E-state index contributed by atoms with van der Waals surface area (Å²) in [5.41, 5.74) is 0.651. The summed E-state index contributed by atoms with van der Waals surface area (Å²) >= 11 is 0. The second-order valence-corrected chi connectivity index (χ2v) is 10.5. The lowest BCUT2D eigenvalue weighted by atomic mass is 9.66. The fraction of sp³-hybridized carbons (Fsp3) is 0.704. The van der Waals surface area contributed by atoms with E-state index in [-0.39, 0.29) is 18.0 Å². The molecule has 0 radical (unpaired) electrons. The van der Waals surface area contributed by atoms with Crippen molar-refractivity contribution in [2.24, 2.45) is 11.8 Å². The second kappa shape index (κ2) is 10.1. The standard InChI is InChI=1S/C27H38N2O4/c30-25(29-14-16-32-17-15-29)20-28-13-10-23-21(19-28)18-24(23)33-26(31)27(11-6-1-2-7-12-27)22-8-4-3-5-9-22/h3-5,8-9,21,23-24H,1-2,6-7,10-20H2/t21?,23?,24-/m0/s1. The predicted molar refractivity (Wildman–Crippen MR) is 126 cm³/mol. The number of likely N-dealkylation sites (tertiary alicyclic amines) is 1. The Hall–Kier alpha value is -1.92. The molecular weight excluding hydrogens is 416 g/mol. The summed E-state index contributed by atoms with van der Waals surface area (Å²) in [5, 5.41) is 0. The number of benzene rings is 1. The van der Waals surface area contributed by atoms with Crippen LogP contribution in [0, 0.1) is 11.8 Å². The van der Waals surface area contributed by atoms with E-state index in [2.05, 4.69) is 17.0 Å². The summed E-state index contributed by atoms with van der Waals surface area (Å²) in [4.78, 5) is 30.5. The maximum atomic E-state index is 13.6. The Morgan fingerprint density at radius 1 is 1.00 bits per heavy atom. The molecule has 1 aromatic rings. The molecular formula is C27H38N2O4. The maximum absolute atomic E-state index is 13.6. The van der Waals surface area contributed by atoms with Gasteiger partial charge in [-0.3, -0.25) is 14.5 Å². The van der Waals surface area contributed by atoms with Crippen molar-refractivity contribution in [3.05, 3.63) is 35.9 Å². The minimum Gasteiger partial charge on any atom is -0.461 e. The number of hydrogen-bond donors (Lipinski definition) is 0. The molecule has 0 spiro atoms. The van der Waals surface area contributed by atoms with Gasteiger partial charge in [-0.2, -0.15) is 0 Å². The molecule has 0 N–H and O–H groups in total. The quantitative estimate of drug-likeness (QED) is 0.504. The van der Waals surface area contributed by atoms with Crippen LogP contribution in [0.25, 0.3) is 0 Å². The molecule has 3 atom stereocenters. The van der Waals surface area contributed by atoms with Crippen molar-refractivity contribution >= 4 is 11.9 Å². The molecule has 180 valence electrons. The Bertz CT molecular complexity index is 815. The summed E-state index contributed by atoms with van der Waals surface area (Å²) < 4.78 is 11.6. The van der Waals surface area contributed by atoms with Crippen LogP contribution in [-0.4, -0.2) is 73.7 Å². The first-order valence-corrected chi connectivity index (χ1v) is 13.0. The van der Waals surface area contributed by atoms with E-state index in [9.17, 15) is 9.59 Å². The summed E-state index contributed by atoms with van der Waals surface area (Å²) in [6, 6.07) is 10.3. The predicted octanol–water partition coefficient (Wildman–Crippen LogP) is 3.39. The molecule has 33 heavy (non-hydrogen) atoms. The van der Waals surface area contributed by atoms with Gasteiger partial charge in [-0.15, -0.1) is 0 Å². The number of ether oxygens (including phenoxy) is 2. The third-order valence-electron chi connectivity index (χ3n) is 8.54. The number of rotatable bonds is 5. The van der Waals surface area contributed by atoms with Crippen LogP contribution in [0.4, 0.5) is 0 Å². The van der Waals surface area contributed by atoms with Crippen molar-refractivity contribution < 1.29 is 19.1 Å². The van der Waals surface area contributed by atoms with Gasteiger partial charge < -0.3 is 14.4 Å².